The van der Waals surface area contributed by atoms with E-state index in [-0.39, 0.29) is 24.3 Å². The van der Waals surface area contributed by atoms with Gasteiger partial charge in [0.25, 0.3) is 5.56 Å². The molecule has 1 aromatic heterocycles. The summed E-state index contributed by atoms with van der Waals surface area (Å²) in [5.74, 6) is -0.323. The zero-order valence-electron chi connectivity index (χ0n) is 13.5. The van der Waals surface area contributed by atoms with Gasteiger partial charge in [0.1, 0.15) is 5.69 Å². The molecule has 0 saturated heterocycles. The number of rotatable bonds is 5. The van der Waals surface area contributed by atoms with Crippen molar-refractivity contribution in [1.29, 1.82) is 0 Å². The van der Waals surface area contributed by atoms with Gasteiger partial charge in [0.2, 0.25) is 5.91 Å². The van der Waals surface area contributed by atoms with E-state index >= 15 is 0 Å². The highest BCUT2D eigenvalue weighted by Crippen LogP contribution is 2.21. The Balaban J connectivity index is 1.58. The van der Waals surface area contributed by atoms with Crippen LogP contribution in [-0.4, -0.2) is 22.1 Å². The van der Waals surface area contributed by atoms with Gasteiger partial charge in [-0.3, -0.25) is 9.59 Å². The number of H-pyrrole nitrogens is 1. The third kappa shape index (κ3) is 4.47. The van der Waals surface area contributed by atoms with Gasteiger partial charge in [0.05, 0.1) is 27.3 Å². The lowest BCUT2D eigenvalue weighted by molar-refractivity contribution is -0.121. The van der Waals surface area contributed by atoms with Gasteiger partial charge in [0.15, 0.2) is 0 Å². The van der Waals surface area contributed by atoms with Gasteiger partial charge in [-0.2, -0.15) is 5.10 Å². The van der Waals surface area contributed by atoms with Crippen molar-refractivity contribution in [2.45, 2.75) is 12.8 Å². The van der Waals surface area contributed by atoms with Crippen LogP contribution in [0.5, 0.6) is 0 Å². The number of hydrazone groups is 1. The molecular weight excluding hydrogens is 375 g/mol. The molecule has 0 spiro atoms. The molecule has 2 aromatic carbocycles. The highest BCUT2D eigenvalue weighted by atomic mass is 35.5. The number of hydrogen-bond acceptors (Lipinski definition) is 4. The number of halogens is 2. The van der Waals surface area contributed by atoms with Gasteiger partial charge in [-0.05, 0) is 29.8 Å². The zero-order chi connectivity index (χ0) is 18.5. The fraction of sp³-hybridized carbons (Fsp3) is 0.111. The van der Waals surface area contributed by atoms with Gasteiger partial charge in [-0.15, -0.1) is 0 Å². The van der Waals surface area contributed by atoms with Gasteiger partial charge in [-0.1, -0.05) is 41.4 Å². The van der Waals surface area contributed by atoms with Crippen LogP contribution < -0.4 is 11.0 Å². The molecule has 0 unspecified atom stereocenters. The highest BCUT2D eigenvalue weighted by molar-refractivity contribution is 6.42. The summed E-state index contributed by atoms with van der Waals surface area (Å²) in [7, 11) is 0. The lowest BCUT2D eigenvalue weighted by atomic mass is 10.2. The van der Waals surface area contributed by atoms with Gasteiger partial charge >= 0.3 is 0 Å². The molecule has 0 atom stereocenters. The fourth-order valence-corrected chi connectivity index (χ4v) is 2.60. The van der Waals surface area contributed by atoms with Crippen LogP contribution in [0, 0.1) is 0 Å². The minimum Gasteiger partial charge on any atom is -0.319 e. The number of hydrogen-bond donors (Lipinski definition) is 2. The Labute approximate surface area is 158 Å². The molecule has 0 radical (unpaired) electrons. The van der Waals surface area contributed by atoms with Gasteiger partial charge in [-0.25, -0.2) is 10.4 Å². The maximum Gasteiger partial charge on any atom is 0.270 e. The summed E-state index contributed by atoms with van der Waals surface area (Å²) >= 11 is 11.7. The molecule has 8 heteroatoms. The van der Waals surface area contributed by atoms with Crippen LogP contribution in [0.4, 0.5) is 0 Å². The lowest BCUT2D eigenvalue weighted by Gasteiger charge is -2.02. The molecule has 3 rings (SSSR count). The summed E-state index contributed by atoms with van der Waals surface area (Å²) in [5, 5.41) is 4.72. The Bertz CT molecular complexity index is 1050. The molecule has 1 amide bonds. The van der Waals surface area contributed by atoms with Crippen LogP contribution in [0.3, 0.4) is 0 Å². The van der Waals surface area contributed by atoms with Crippen molar-refractivity contribution < 1.29 is 4.79 Å². The molecule has 26 heavy (non-hydrogen) atoms. The number of carbonyl (C=O) groups is 1. The molecule has 0 saturated carbocycles. The summed E-state index contributed by atoms with van der Waals surface area (Å²) in [4.78, 5) is 30.9. The number of amides is 1. The maximum absolute atomic E-state index is 12.0. The molecule has 0 bridgehead atoms. The van der Waals surface area contributed by atoms with E-state index in [4.69, 9.17) is 23.2 Å². The highest BCUT2D eigenvalue weighted by Gasteiger charge is 2.07. The van der Waals surface area contributed by atoms with Crippen LogP contribution in [-0.2, 0) is 11.2 Å². The predicted octanol–water partition coefficient (Wildman–Crippen LogP) is 3.31. The summed E-state index contributed by atoms with van der Waals surface area (Å²) in [6.07, 6.45) is 1.77. The molecule has 0 aliphatic carbocycles. The number of nitrogens with zero attached hydrogens (tertiary/aromatic N) is 2. The SMILES string of the molecule is O=C(CCc1nc2ccccc2[nH]c1=O)N/N=C/c1ccc(Cl)c(Cl)c1. The van der Waals surface area contributed by atoms with Crippen LogP contribution in [0.15, 0.2) is 52.4 Å². The van der Waals surface area contributed by atoms with E-state index in [1.165, 1.54) is 6.21 Å². The fourth-order valence-electron chi connectivity index (χ4n) is 2.30. The Morgan fingerprint density at radius 2 is 2.00 bits per heavy atom. The number of para-hydroxylation sites is 2. The number of carbonyl (C=O) groups excluding carboxylic acids is 1. The summed E-state index contributed by atoms with van der Waals surface area (Å²) in [6, 6.07) is 12.2. The average Bonchev–Trinajstić information content (AvgIpc) is 2.63. The van der Waals surface area contributed by atoms with Crippen LogP contribution in [0.25, 0.3) is 11.0 Å². The van der Waals surface area contributed by atoms with Crippen molar-refractivity contribution in [3.05, 3.63) is 74.1 Å². The van der Waals surface area contributed by atoms with Crippen molar-refractivity contribution in [3.63, 3.8) is 0 Å². The van der Waals surface area contributed by atoms with E-state index in [9.17, 15) is 9.59 Å². The number of aromatic nitrogens is 2. The summed E-state index contributed by atoms with van der Waals surface area (Å²) < 4.78 is 0. The number of aryl methyl sites for hydroxylation is 1. The number of aromatic amines is 1. The average molecular weight is 389 g/mol. The number of fused-ring (bicyclic) bond motifs is 1. The molecule has 3 aromatic rings. The molecule has 6 nitrogen and oxygen atoms in total. The van der Waals surface area contributed by atoms with E-state index in [0.29, 0.717) is 32.3 Å². The van der Waals surface area contributed by atoms with Gasteiger partial charge < -0.3 is 4.98 Å². The van der Waals surface area contributed by atoms with Crippen molar-refractivity contribution in [2.24, 2.45) is 5.10 Å². The van der Waals surface area contributed by atoms with E-state index in [0.717, 1.165) is 0 Å². The minimum atomic E-state index is -0.323. The number of nitrogens with one attached hydrogen (secondary N) is 2. The molecule has 2 N–H and O–H groups in total. The first-order valence-electron chi connectivity index (χ1n) is 7.78. The Morgan fingerprint density at radius 3 is 2.81 bits per heavy atom. The van der Waals surface area contributed by atoms with Crippen LogP contribution in [0.1, 0.15) is 17.7 Å². The second-order valence-corrected chi connectivity index (χ2v) is 6.31. The van der Waals surface area contributed by atoms with Crippen molar-refractivity contribution in [2.75, 3.05) is 0 Å². The monoisotopic (exact) mass is 388 g/mol. The quantitative estimate of drug-likeness (QED) is 0.519. The molecule has 0 aliphatic rings. The second kappa shape index (κ2) is 8.12. The predicted molar refractivity (Wildman–Crippen MR) is 103 cm³/mol. The smallest absolute Gasteiger partial charge is 0.270 e. The summed E-state index contributed by atoms with van der Waals surface area (Å²) in [5.41, 5.74) is 4.47. The normalized spacial score (nSPS) is 11.2. The van der Waals surface area contributed by atoms with E-state index in [2.05, 4.69) is 20.5 Å². The first kappa shape index (κ1) is 18.1. The third-order valence-electron chi connectivity index (χ3n) is 3.61. The first-order valence-corrected chi connectivity index (χ1v) is 8.53. The van der Waals surface area contributed by atoms with Crippen molar-refractivity contribution >= 4 is 46.4 Å². The van der Waals surface area contributed by atoms with Crippen molar-refractivity contribution in [1.82, 2.24) is 15.4 Å². The molecule has 1 heterocycles. The van der Waals surface area contributed by atoms with E-state index < -0.39 is 0 Å². The molecule has 0 aliphatic heterocycles. The largest absolute Gasteiger partial charge is 0.319 e. The first-order chi connectivity index (χ1) is 12.5. The molecular formula is C18H14Cl2N4O2. The topological polar surface area (TPSA) is 87.2 Å². The Hall–Kier alpha value is -2.70. The van der Waals surface area contributed by atoms with Gasteiger partial charge in [0, 0.05) is 12.8 Å². The van der Waals surface area contributed by atoms with Crippen LogP contribution >= 0.6 is 23.2 Å². The number of benzene rings is 2. The maximum atomic E-state index is 12.0. The van der Waals surface area contributed by atoms with Crippen molar-refractivity contribution in [3.8, 4) is 0 Å². The minimum absolute atomic E-state index is 0.0904. The van der Waals surface area contributed by atoms with E-state index in [1.54, 1.807) is 30.3 Å². The zero-order valence-corrected chi connectivity index (χ0v) is 15.0. The third-order valence-corrected chi connectivity index (χ3v) is 4.34. The second-order valence-electron chi connectivity index (χ2n) is 5.50. The molecule has 0 fully saturated rings. The summed E-state index contributed by atoms with van der Waals surface area (Å²) in [6.45, 7) is 0. The Kier molecular flexibility index (Phi) is 5.65. The Morgan fingerprint density at radius 1 is 1.19 bits per heavy atom. The molecule has 132 valence electrons. The van der Waals surface area contributed by atoms with Crippen LogP contribution in [0.2, 0.25) is 10.0 Å². The lowest BCUT2D eigenvalue weighted by Crippen LogP contribution is -2.21. The standard InChI is InChI=1S/C18H14Cl2N4O2/c19-12-6-5-11(9-13(12)20)10-21-24-17(25)8-7-16-18(26)23-15-4-2-1-3-14(15)22-16/h1-6,9-10H,7-8H2,(H,23,26)(H,24,25)/b21-10+. The van der Waals surface area contributed by atoms with E-state index in [1.807, 2.05) is 12.1 Å².